The molecule has 0 saturated heterocycles. The second kappa shape index (κ2) is 7.92. The highest BCUT2D eigenvalue weighted by Gasteiger charge is 2.30. The van der Waals surface area contributed by atoms with Gasteiger partial charge in [0.1, 0.15) is 0 Å². The average Bonchev–Trinajstić information content (AvgIpc) is 2.36. The predicted molar refractivity (Wildman–Crippen MR) is 72.4 cm³/mol. The molecule has 0 spiro atoms. The van der Waals surface area contributed by atoms with E-state index in [-0.39, 0.29) is 12.8 Å². The van der Waals surface area contributed by atoms with E-state index < -0.39 is 0 Å². The van der Waals surface area contributed by atoms with Gasteiger partial charge >= 0.3 is 0 Å². The normalized spacial score (nSPS) is 30.4. The molecule has 0 aromatic heterocycles. The summed E-state index contributed by atoms with van der Waals surface area (Å²) in [6.45, 7) is 1.08. The smallest absolute Gasteiger partial charge is 0.154 e. The summed E-state index contributed by atoms with van der Waals surface area (Å²) in [5.74, 6) is 0.474. The number of nitrogens with one attached hydrogen (secondary N) is 1. The second-order valence-electron chi connectivity index (χ2n) is 4.25. The maximum Gasteiger partial charge on any atom is 0.154 e. The molecular formula is C11H23N3O2S. The van der Waals surface area contributed by atoms with Crippen LogP contribution in [0.1, 0.15) is 19.3 Å². The Labute approximate surface area is 109 Å². The lowest BCUT2D eigenvalue weighted by molar-refractivity contribution is -0.0395. The van der Waals surface area contributed by atoms with Crippen LogP contribution in [0.2, 0.25) is 0 Å². The number of methoxy groups -OCH3 is 2. The first-order valence-corrected chi connectivity index (χ1v) is 6.38. The van der Waals surface area contributed by atoms with E-state index in [2.05, 4.69) is 22.9 Å². The fraction of sp³-hybridized carbons (Fsp3) is 0.909. The van der Waals surface area contributed by atoms with Crippen LogP contribution in [0.25, 0.3) is 0 Å². The van der Waals surface area contributed by atoms with Crippen molar-refractivity contribution in [2.45, 2.75) is 31.5 Å². The summed E-state index contributed by atoms with van der Waals surface area (Å²) in [5, 5.41) is 3.76. The molecule has 1 rings (SSSR count). The van der Waals surface area contributed by atoms with Crippen molar-refractivity contribution in [3.8, 4) is 0 Å². The minimum absolute atomic E-state index is 0.236. The van der Waals surface area contributed by atoms with Gasteiger partial charge in [0.05, 0.1) is 18.9 Å². The third-order valence-electron chi connectivity index (χ3n) is 3.28. The highest BCUT2D eigenvalue weighted by Crippen LogP contribution is 2.27. The summed E-state index contributed by atoms with van der Waals surface area (Å²) < 4.78 is 10.9. The number of rotatable bonds is 5. The molecule has 0 aliphatic heterocycles. The van der Waals surface area contributed by atoms with Crippen molar-refractivity contribution in [1.82, 2.24) is 5.32 Å². The van der Waals surface area contributed by atoms with Crippen LogP contribution in [0.15, 0.2) is 4.99 Å². The van der Waals surface area contributed by atoms with Crippen LogP contribution < -0.4 is 11.1 Å². The highest BCUT2D eigenvalue weighted by molar-refractivity contribution is 7.96. The van der Waals surface area contributed by atoms with Gasteiger partial charge in [-0.2, -0.15) is 0 Å². The van der Waals surface area contributed by atoms with Crippen LogP contribution >= 0.6 is 12.6 Å². The summed E-state index contributed by atoms with van der Waals surface area (Å²) in [6.07, 6.45) is 3.69. The molecule has 17 heavy (non-hydrogen) atoms. The zero-order valence-electron chi connectivity index (χ0n) is 10.6. The lowest BCUT2D eigenvalue weighted by Crippen LogP contribution is -2.40. The maximum absolute atomic E-state index is 5.52. The third kappa shape index (κ3) is 4.83. The molecule has 100 valence electrons. The number of aliphatic imine (C=N–C) groups is 1. The molecular weight excluding hydrogens is 238 g/mol. The molecule has 1 saturated carbocycles. The van der Waals surface area contributed by atoms with Crippen molar-refractivity contribution in [2.24, 2.45) is 16.6 Å². The average molecular weight is 261 g/mol. The van der Waals surface area contributed by atoms with E-state index in [1.54, 1.807) is 14.2 Å². The van der Waals surface area contributed by atoms with E-state index in [1.807, 2.05) is 0 Å². The van der Waals surface area contributed by atoms with Crippen molar-refractivity contribution < 1.29 is 9.47 Å². The molecule has 0 radical (unpaired) electrons. The summed E-state index contributed by atoms with van der Waals surface area (Å²) in [7, 11) is 3.51. The largest absolute Gasteiger partial charge is 0.381 e. The zero-order chi connectivity index (χ0) is 12.7. The first-order valence-electron chi connectivity index (χ1n) is 5.94. The molecule has 0 aromatic rings. The Hall–Kier alpha value is -0.300. The first-order chi connectivity index (χ1) is 8.21. The van der Waals surface area contributed by atoms with Gasteiger partial charge < -0.3 is 20.5 Å². The topological polar surface area (TPSA) is 68.9 Å². The van der Waals surface area contributed by atoms with E-state index in [9.17, 15) is 0 Å². The van der Waals surface area contributed by atoms with E-state index in [0.717, 1.165) is 25.8 Å². The summed E-state index contributed by atoms with van der Waals surface area (Å²) in [5.41, 5.74) is 5.31. The Morgan fingerprint density at radius 2 is 2.18 bits per heavy atom. The Bertz CT molecular complexity index is 251. The van der Waals surface area contributed by atoms with Crippen LogP contribution in [0.5, 0.6) is 0 Å². The summed E-state index contributed by atoms with van der Waals surface area (Å²) in [4.78, 5) is 3.97. The Morgan fingerprint density at radius 1 is 1.41 bits per heavy atom. The van der Waals surface area contributed by atoms with Gasteiger partial charge in [-0.15, -0.1) is 12.6 Å². The fourth-order valence-corrected chi connectivity index (χ4v) is 2.43. The van der Waals surface area contributed by atoms with Gasteiger partial charge in [-0.3, -0.25) is 0 Å². The second-order valence-corrected chi connectivity index (χ2v) is 4.67. The maximum atomic E-state index is 5.52. The van der Waals surface area contributed by atoms with Crippen LogP contribution in [0.3, 0.4) is 0 Å². The standard InChI is InChI=1S/C11H23N3O2S/c1-15-9-4-3-8(10(5-9)16-2)6-13-11(17)14-7-12/h8-10H,3-7,12H2,1-2H3,(H2,13,14,17). The Balaban J connectivity index is 2.39. The zero-order valence-corrected chi connectivity index (χ0v) is 11.5. The molecule has 0 heterocycles. The van der Waals surface area contributed by atoms with Gasteiger partial charge in [0.15, 0.2) is 5.17 Å². The number of thiol groups is 1. The Morgan fingerprint density at radius 3 is 2.76 bits per heavy atom. The first kappa shape index (κ1) is 14.8. The number of ether oxygens (including phenoxy) is 2. The minimum atomic E-state index is 0.236. The minimum Gasteiger partial charge on any atom is -0.381 e. The van der Waals surface area contributed by atoms with Crippen molar-refractivity contribution >= 4 is 17.8 Å². The lowest BCUT2D eigenvalue weighted by Gasteiger charge is -2.34. The quantitative estimate of drug-likeness (QED) is 0.385. The molecule has 3 N–H and O–H groups in total. The van der Waals surface area contributed by atoms with E-state index >= 15 is 0 Å². The molecule has 3 atom stereocenters. The van der Waals surface area contributed by atoms with Gasteiger partial charge in [0.25, 0.3) is 0 Å². The highest BCUT2D eigenvalue weighted by atomic mass is 32.1. The molecule has 0 bridgehead atoms. The summed E-state index contributed by atoms with van der Waals surface area (Å²) in [6, 6.07) is 0. The van der Waals surface area contributed by atoms with Crippen molar-refractivity contribution in [3.63, 3.8) is 0 Å². The van der Waals surface area contributed by atoms with Gasteiger partial charge in [0, 0.05) is 33.1 Å². The molecule has 5 nitrogen and oxygen atoms in total. The van der Waals surface area contributed by atoms with Crippen LogP contribution in [0, 0.1) is 5.92 Å². The van der Waals surface area contributed by atoms with Gasteiger partial charge in [-0.25, -0.2) is 4.99 Å². The molecule has 1 aliphatic rings. The van der Waals surface area contributed by atoms with Crippen LogP contribution in [0.4, 0.5) is 0 Å². The fourth-order valence-electron chi connectivity index (χ4n) is 2.26. The molecule has 1 aliphatic carbocycles. The van der Waals surface area contributed by atoms with Gasteiger partial charge in [-0.05, 0) is 12.8 Å². The van der Waals surface area contributed by atoms with Crippen LogP contribution in [-0.4, -0.2) is 44.8 Å². The molecule has 0 amide bonds. The number of nitrogens with two attached hydrogens (primary N) is 1. The van der Waals surface area contributed by atoms with E-state index in [4.69, 9.17) is 15.2 Å². The third-order valence-corrected chi connectivity index (χ3v) is 3.58. The van der Waals surface area contributed by atoms with E-state index in [0.29, 0.717) is 17.2 Å². The monoisotopic (exact) mass is 261 g/mol. The number of amidine groups is 1. The Kier molecular flexibility index (Phi) is 6.87. The van der Waals surface area contributed by atoms with Crippen molar-refractivity contribution in [1.29, 1.82) is 0 Å². The summed E-state index contributed by atoms with van der Waals surface area (Å²) >= 11 is 4.20. The SMILES string of the molecule is COC1CCC(CN/C(S)=N/CN)C(OC)C1. The number of nitrogens with zero attached hydrogens (tertiary/aromatic N) is 1. The van der Waals surface area contributed by atoms with E-state index in [1.165, 1.54) is 0 Å². The number of hydrogen-bond donors (Lipinski definition) is 3. The lowest BCUT2D eigenvalue weighted by atomic mass is 9.84. The molecule has 0 aromatic carbocycles. The number of hydrogen-bond acceptors (Lipinski definition) is 4. The van der Waals surface area contributed by atoms with Crippen LogP contribution in [-0.2, 0) is 9.47 Å². The van der Waals surface area contributed by atoms with Crippen molar-refractivity contribution in [3.05, 3.63) is 0 Å². The van der Waals surface area contributed by atoms with Crippen molar-refractivity contribution in [2.75, 3.05) is 27.4 Å². The van der Waals surface area contributed by atoms with Gasteiger partial charge in [0.2, 0.25) is 0 Å². The van der Waals surface area contributed by atoms with Gasteiger partial charge in [-0.1, -0.05) is 0 Å². The molecule has 3 unspecified atom stereocenters. The molecule has 1 fully saturated rings. The molecule has 6 heteroatoms. The predicted octanol–water partition coefficient (Wildman–Crippen LogP) is 0.608.